The summed E-state index contributed by atoms with van der Waals surface area (Å²) in [5.74, 6) is -2.32. The number of fused-ring (bicyclic) bond motifs is 1. The maximum absolute atomic E-state index is 14.2. The van der Waals surface area contributed by atoms with Crippen molar-refractivity contribution in [2.75, 3.05) is 11.8 Å². The van der Waals surface area contributed by atoms with Crippen LogP contribution < -0.4 is 14.8 Å². The predicted molar refractivity (Wildman–Crippen MR) is 144 cm³/mol. The van der Waals surface area contributed by atoms with Gasteiger partial charge in [0.05, 0.1) is 12.6 Å². The highest BCUT2D eigenvalue weighted by molar-refractivity contribution is 7.92. The van der Waals surface area contributed by atoms with Crippen LogP contribution in [-0.2, 0) is 14.8 Å². The van der Waals surface area contributed by atoms with Crippen LogP contribution in [0.5, 0.6) is 5.88 Å². The monoisotopic (exact) mass is 550 g/mol. The molecule has 2 heterocycles. The van der Waals surface area contributed by atoms with Gasteiger partial charge in [0, 0.05) is 41.5 Å². The molecule has 1 saturated carbocycles. The van der Waals surface area contributed by atoms with Crippen LogP contribution in [0.2, 0.25) is 0 Å². The van der Waals surface area contributed by atoms with E-state index in [1.807, 2.05) is 6.07 Å². The van der Waals surface area contributed by atoms with Gasteiger partial charge in [-0.05, 0) is 72.9 Å². The number of benzene rings is 2. The number of methoxy groups -OCH3 is 1. The van der Waals surface area contributed by atoms with Gasteiger partial charge in [-0.1, -0.05) is 6.07 Å². The fraction of sp³-hybridized carbons (Fsp3) is 0.179. The maximum atomic E-state index is 14.2. The Kier molecular flexibility index (Phi) is 7.25. The number of ether oxygens (including phenoxy) is 1. The lowest BCUT2D eigenvalue weighted by Gasteiger charge is -2.25. The Morgan fingerprint density at radius 1 is 1.05 bits per heavy atom. The van der Waals surface area contributed by atoms with Crippen molar-refractivity contribution in [2.24, 2.45) is 0 Å². The molecule has 0 atom stereocenters. The topological polar surface area (TPSA) is 110 Å². The summed E-state index contributed by atoms with van der Waals surface area (Å²) in [5, 5.41) is 3.74. The van der Waals surface area contributed by atoms with E-state index in [0.29, 0.717) is 22.7 Å². The first-order valence-electron chi connectivity index (χ1n) is 12.1. The first-order chi connectivity index (χ1) is 18.7. The Morgan fingerprint density at radius 3 is 2.59 bits per heavy atom. The van der Waals surface area contributed by atoms with Gasteiger partial charge in [-0.25, -0.2) is 22.2 Å². The van der Waals surface area contributed by atoms with Crippen LogP contribution in [0.3, 0.4) is 0 Å². The van der Waals surface area contributed by atoms with Crippen molar-refractivity contribution in [3.05, 3.63) is 84.2 Å². The number of aromatic nitrogens is 2. The lowest BCUT2D eigenvalue weighted by atomic mass is 9.93. The number of halogens is 2. The normalized spacial score (nSPS) is 13.8. The molecule has 0 saturated heterocycles. The number of rotatable bonds is 8. The largest absolute Gasteiger partial charge is 0.480 e. The Labute approximate surface area is 223 Å². The number of sulfonamides is 1. The van der Waals surface area contributed by atoms with E-state index < -0.39 is 26.6 Å². The maximum Gasteiger partial charge on any atom is 0.264 e. The number of hydrogen-bond donors (Lipinski definition) is 2. The first-order valence-corrected chi connectivity index (χ1v) is 13.6. The minimum Gasteiger partial charge on any atom is -0.480 e. The van der Waals surface area contributed by atoms with Crippen molar-refractivity contribution in [1.29, 1.82) is 0 Å². The highest BCUT2D eigenvalue weighted by atomic mass is 32.2. The molecule has 0 bridgehead atoms. The number of carbonyl (C=O) groups excluding carboxylic acids is 1. The van der Waals surface area contributed by atoms with Gasteiger partial charge in [-0.3, -0.25) is 14.5 Å². The third-order valence-corrected chi connectivity index (χ3v) is 7.85. The quantitative estimate of drug-likeness (QED) is 0.297. The van der Waals surface area contributed by atoms with Crippen molar-refractivity contribution in [3.63, 3.8) is 0 Å². The van der Waals surface area contributed by atoms with Crippen molar-refractivity contribution in [3.8, 4) is 17.0 Å². The molecular weight excluding hydrogens is 526 g/mol. The van der Waals surface area contributed by atoms with Crippen molar-refractivity contribution in [1.82, 2.24) is 15.3 Å². The molecule has 1 aliphatic carbocycles. The minimum atomic E-state index is -4.42. The van der Waals surface area contributed by atoms with E-state index in [1.165, 1.54) is 25.4 Å². The number of pyridine rings is 2. The van der Waals surface area contributed by atoms with Gasteiger partial charge in [0.1, 0.15) is 22.2 Å². The van der Waals surface area contributed by atoms with Gasteiger partial charge >= 0.3 is 0 Å². The molecule has 2 aromatic heterocycles. The molecule has 0 unspecified atom stereocenters. The van der Waals surface area contributed by atoms with Crippen LogP contribution in [0, 0.1) is 11.6 Å². The fourth-order valence-electron chi connectivity index (χ4n) is 4.20. The summed E-state index contributed by atoms with van der Waals surface area (Å²) in [6, 6.07) is 11.2. The van der Waals surface area contributed by atoms with E-state index in [2.05, 4.69) is 20.0 Å². The van der Waals surface area contributed by atoms with Crippen molar-refractivity contribution < 1.29 is 26.7 Å². The Bertz CT molecular complexity index is 1710. The van der Waals surface area contributed by atoms with Gasteiger partial charge in [0.2, 0.25) is 11.8 Å². The van der Waals surface area contributed by atoms with Crippen molar-refractivity contribution in [2.45, 2.75) is 30.2 Å². The number of nitrogens with one attached hydrogen (secondary N) is 2. The molecule has 39 heavy (non-hydrogen) atoms. The lowest BCUT2D eigenvalue weighted by Crippen LogP contribution is -2.38. The summed E-state index contributed by atoms with van der Waals surface area (Å²) < 4.78 is 60.8. The summed E-state index contributed by atoms with van der Waals surface area (Å²) in [6.07, 6.45) is 9.50. The highest BCUT2D eigenvalue weighted by Gasteiger charge is 2.22. The summed E-state index contributed by atoms with van der Waals surface area (Å²) in [6.45, 7) is 0. The van der Waals surface area contributed by atoms with E-state index >= 15 is 0 Å². The number of anilines is 1. The molecule has 1 fully saturated rings. The number of carbonyl (C=O) groups is 1. The van der Waals surface area contributed by atoms with Gasteiger partial charge < -0.3 is 10.1 Å². The van der Waals surface area contributed by atoms with E-state index in [4.69, 9.17) is 4.74 Å². The third-order valence-electron chi connectivity index (χ3n) is 6.45. The van der Waals surface area contributed by atoms with E-state index in [0.717, 1.165) is 42.3 Å². The van der Waals surface area contributed by atoms with Crippen LogP contribution in [0.1, 0.15) is 24.8 Å². The average Bonchev–Trinajstić information content (AvgIpc) is 2.88. The Balaban J connectivity index is 1.47. The SMILES string of the molecule is COc1ncc(-c2ccc3nccc(C=CC(=O)NC4CCC4)c3c2)cc1NS(=O)(=O)c1ccc(F)cc1F. The molecule has 2 N–H and O–H groups in total. The van der Waals surface area contributed by atoms with Crippen LogP contribution >= 0.6 is 0 Å². The smallest absolute Gasteiger partial charge is 0.264 e. The first kappa shape index (κ1) is 26.2. The Hall–Kier alpha value is -4.38. The van der Waals surface area contributed by atoms with E-state index in [1.54, 1.807) is 30.5 Å². The molecular formula is C28H24F2N4O4S. The molecule has 0 spiro atoms. The second kappa shape index (κ2) is 10.8. The van der Waals surface area contributed by atoms with Crippen LogP contribution in [-0.4, -0.2) is 37.4 Å². The molecule has 8 nitrogen and oxygen atoms in total. The number of nitrogens with zero attached hydrogens (tertiary/aromatic N) is 2. The molecule has 200 valence electrons. The zero-order chi connectivity index (χ0) is 27.6. The molecule has 0 aliphatic heterocycles. The molecule has 4 aromatic rings. The summed E-state index contributed by atoms with van der Waals surface area (Å²) >= 11 is 0. The third kappa shape index (κ3) is 5.73. The molecule has 2 aromatic carbocycles. The number of hydrogen-bond acceptors (Lipinski definition) is 6. The summed E-state index contributed by atoms with van der Waals surface area (Å²) in [7, 11) is -3.11. The average molecular weight is 551 g/mol. The van der Waals surface area contributed by atoms with Crippen LogP contribution in [0.15, 0.2) is 71.9 Å². The van der Waals surface area contributed by atoms with Crippen molar-refractivity contribution >= 4 is 38.6 Å². The standard InChI is InChI=1S/C28H24F2N4O4S/c1-38-28-25(34-39(36,37)26-9-7-20(29)15-23(26)30)14-19(16-32-28)18-5-8-24-22(13-18)17(11-12-31-24)6-10-27(35)33-21-3-2-4-21/h5-16,21,34H,2-4H2,1H3,(H,33,35). The van der Waals surface area contributed by atoms with Gasteiger partial charge in [-0.2, -0.15) is 0 Å². The second-order valence-electron chi connectivity index (χ2n) is 9.06. The van der Waals surface area contributed by atoms with Gasteiger partial charge in [0.15, 0.2) is 0 Å². The minimum absolute atomic E-state index is 0.0298. The van der Waals surface area contributed by atoms with E-state index in [-0.39, 0.29) is 23.5 Å². The molecule has 1 amide bonds. The van der Waals surface area contributed by atoms with Crippen LogP contribution in [0.25, 0.3) is 28.1 Å². The molecule has 1 aliphatic rings. The van der Waals surface area contributed by atoms with E-state index in [9.17, 15) is 22.0 Å². The predicted octanol–water partition coefficient (Wildman–Crippen LogP) is 5.07. The summed E-state index contributed by atoms with van der Waals surface area (Å²) in [4.78, 5) is 20.1. The molecule has 11 heteroatoms. The number of amides is 1. The zero-order valence-electron chi connectivity index (χ0n) is 20.8. The fourth-order valence-corrected chi connectivity index (χ4v) is 5.31. The molecule has 5 rings (SSSR count). The highest BCUT2D eigenvalue weighted by Crippen LogP contribution is 2.32. The second-order valence-corrected chi connectivity index (χ2v) is 10.7. The summed E-state index contributed by atoms with van der Waals surface area (Å²) in [5.41, 5.74) is 2.68. The van der Waals surface area contributed by atoms with Crippen LogP contribution in [0.4, 0.5) is 14.5 Å². The lowest BCUT2D eigenvalue weighted by molar-refractivity contribution is -0.117. The zero-order valence-corrected chi connectivity index (χ0v) is 21.6. The Morgan fingerprint density at radius 2 is 1.87 bits per heavy atom. The molecule has 0 radical (unpaired) electrons. The van der Waals surface area contributed by atoms with Gasteiger partial charge in [0.25, 0.3) is 10.0 Å². The van der Waals surface area contributed by atoms with Gasteiger partial charge in [-0.15, -0.1) is 0 Å².